The number of fused-ring (bicyclic) bond motifs is 4. The summed E-state index contributed by atoms with van der Waals surface area (Å²) in [5.74, 6) is 3.46. The average molecular weight is 178 g/mol. The molecule has 0 aromatic rings. The Kier molecular flexibility index (Phi) is 1.76. The Hall–Kier alpha value is 0. The van der Waals surface area contributed by atoms with E-state index in [0.29, 0.717) is 0 Å². The molecule has 3 fully saturated rings. The predicted molar refractivity (Wildman–Crippen MR) is 55.5 cm³/mol. The van der Waals surface area contributed by atoms with E-state index in [2.05, 4.69) is 6.92 Å². The summed E-state index contributed by atoms with van der Waals surface area (Å²) >= 11 is 0. The van der Waals surface area contributed by atoms with Crippen LogP contribution in [0.4, 0.5) is 0 Å². The van der Waals surface area contributed by atoms with E-state index in [4.69, 9.17) is 0 Å². The van der Waals surface area contributed by atoms with Crippen molar-refractivity contribution >= 4 is 0 Å². The second kappa shape index (κ2) is 2.74. The highest BCUT2D eigenvalue weighted by Gasteiger charge is 2.58. The van der Waals surface area contributed by atoms with Gasteiger partial charge in [-0.15, -0.1) is 0 Å². The first-order chi connectivity index (χ1) is 6.32. The third-order valence-electron chi connectivity index (χ3n) is 5.51. The fraction of sp³-hybridized carbons (Fsp3) is 1.00. The molecule has 0 bridgehead atoms. The fourth-order valence-corrected chi connectivity index (χ4v) is 4.89. The van der Waals surface area contributed by atoms with Crippen molar-refractivity contribution in [3.8, 4) is 0 Å². The highest BCUT2D eigenvalue weighted by atomic mass is 14.6. The zero-order valence-electron chi connectivity index (χ0n) is 8.89. The van der Waals surface area contributed by atoms with Crippen molar-refractivity contribution in [2.75, 3.05) is 0 Å². The van der Waals surface area contributed by atoms with E-state index in [1.807, 2.05) is 0 Å². The van der Waals surface area contributed by atoms with Crippen LogP contribution in [-0.4, -0.2) is 0 Å². The van der Waals surface area contributed by atoms with Gasteiger partial charge in [0.25, 0.3) is 0 Å². The minimum atomic E-state index is 0.809. The Labute approximate surface area is 82.1 Å². The van der Waals surface area contributed by atoms with Crippen LogP contribution in [0, 0.1) is 23.2 Å². The third-order valence-corrected chi connectivity index (χ3v) is 5.51. The fourth-order valence-electron chi connectivity index (χ4n) is 4.89. The quantitative estimate of drug-likeness (QED) is 0.526. The maximum absolute atomic E-state index is 2.60. The Balaban J connectivity index is 1.82. The first kappa shape index (κ1) is 8.32. The zero-order chi connectivity index (χ0) is 8.89. The SMILES string of the molecule is CC12CCCCC1C1CCCCC12. The summed E-state index contributed by atoms with van der Waals surface area (Å²) in [6, 6.07) is 0. The van der Waals surface area contributed by atoms with Crippen molar-refractivity contribution < 1.29 is 0 Å². The van der Waals surface area contributed by atoms with Gasteiger partial charge in [0.05, 0.1) is 0 Å². The number of rotatable bonds is 0. The second-order valence-electron chi connectivity index (χ2n) is 5.91. The summed E-state index contributed by atoms with van der Waals surface area (Å²) in [6.07, 6.45) is 12.4. The van der Waals surface area contributed by atoms with Gasteiger partial charge in [-0.2, -0.15) is 0 Å². The van der Waals surface area contributed by atoms with Crippen LogP contribution >= 0.6 is 0 Å². The molecular weight excluding hydrogens is 156 g/mol. The Morgan fingerprint density at radius 1 is 0.846 bits per heavy atom. The number of hydrogen-bond acceptors (Lipinski definition) is 0. The van der Waals surface area contributed by atoms with Gasteiger partial charge in [-0.3, -0.25) is 0 Å². The summed E-state index contributed by atoms with van der Waals surface area (Å²) in [4.78, 5) is 0. The highest BCUT2D eigenvalue weighted by molar-refractivity contribution is 5.07. The van der Waals surface area contributed by atoms with Crippen molar-refractivity contribution in [2.24, 2.45) is 23.2 Å². The van der Waals surface area contributed by atoms with E-state index in [1.165, 1.54) is 31.6 Å². The summed E-state index contributed by atoms with van der Waals surface area (Å²) in [7, 11) is 0. The van der Waals surface area contributed by atoms with Crippen LogP contribution in [0.3, 0.4) is 0 Å². The largest absolute Gasteiger partial charge is 0.0591 e. The third kappa shape index (κ3) is 0.980. The van der Waals surface area contributed by atoms with Gasteiger partial charge in [-0.05, 0) is 48.9 Å². The van der Waals surface area contributed by atoms with Gasteiger partial charge in [0, 0.05) is 0 Å². The molecular formula is C13H22. The maximum atomic E-state index is 2.60. The van der Waals surface area contributed by atoms with Crippen LogP contribution < -0.4 is 0 Å². The Bertz CT molecular complexity index is 194. The summed E-state index contributed by atoms with van der Waals surface area (Å²) in [5.41, 5.74) is 0.809. The molecule has 3 aliphatic rings. The minimum absolute atomic E-state index is 0.809. The zero-order valence-corrected chi connectivity index (χ0v) is 8.89. The van der Waals surface area contributed by atoms with Crippen molar-refractivity contribution in [1.82, 2.24) is 0 Å². The molecule has 3 aliphatic carbocycles. The van der Waals surface area contributed by atoms with Gasteiger partial charge in [-0.1, -0.05) is 32.6 Å². The normalized spacial score (nSPS) is 54.7. The lowest BCUT2D eigenvalue weighted by Gasteiger charge is -2.65. The minimum Gasteiger partial charge on any atom is -0.0591 e. The highest BCUT2D eigenvalue weighted by Crippen LogP contribution is 2.66. The smallest absolute Gasteiger partial charge is 0.0264 e. The molecule has 74 valence electrons. The van der Waals surface area contributed by atoms with Crippen molar-refractivity contribution in [3.63, 3.8) is 0 Å². The Morgan fingerprint density at radius 2 is 1.46 bits per heavy atom. The molecule has 0 saturated heterocycles. The molecule has 13 heavy (non-hydrogen) atoms. The van der Waals surface area contributed by atoms with Gasteiger partial charge in [-0.25, -0.2) is 0 Å². The monoisotopic (exact) mass is 178 g/mol. The molecule has 3 rings (SSSR count). The lowest BCUT2D eigenvalue weighted by Crippen LogP contribution is -2.57. The first-order valence-electron chi connectivity index (χ1n) is 6.32. The van der Waals surface area contributed by atoms with Gasteiger partial charge in [0.15, 0.2) is 0 Å². The lowest BCUT2D eigenvalue weighted by molar-refractivity contribution is -0.157. The van der Waals surface area contributed by atoms with E-state index in [-0.39, 0.29) is 0 Å². The Morgan fingerprint density at radius 3 is 2.23 bits per heavy atom. The first-order valence-corrected chi connectivity index (χ1v) is 6.32. The molecule has 0 aliphatic heterocycles. The lowest BCUT2D eigenvalue weighted by atomic mass is 9.40. The van der Waals surface area contributed by atoms with Crippen molar-refractivity contribution in [2.45, 2.75) is 58.3 Å². The van der Waals surface area contributed by atoms with Crippen LogP contribution in [0.2, 0.25) is 0 Å². The summed E-state index contributed by atoms with van der Waals surface area (Å²) < 4.78 is 0. The summed E-state index contributed by atoms with van der Waals surface area (Å²) in [6.45, 7) is 2.60. The van der Waals surface area contributed by atoms with Crippen LogP contribution in [0.15, 0.2) is 0 Å². The molecule has 0 amide bonds. The van der Waals surface area contributed by atoms with Crippen LogP contribution in [0.25, 0.3) is 0 Å². The van der Waals surface area contributed by atoms with E-state index in [1.54, 1.807) is 25.7 Å². The molecule has 0 N–H and O–H groups in total. The van der Waals surface area contributed by atoms with Gasteiger partial charge < -0.3 is 0 Å². The van der Waals surface area contributed by atoms with Gasteiger partial charge >= 0.3 is 0 Å². The molecule has 4 unspecified atom stereocenters. The van der Waals surface area contributed by atoms with E-state index in [0.717, 1.165) is 17.3 Å². The van der Waals surface area contributed by atoms with E-state index in [9.17, 15) is 0 Å². The second-order valence-corrected chi connectivity index (χ2v) is 5.91. The molecule has 0 radical (unpaired) electrons. The number of hydrogen-bond donors (Lipinski definition) is 0. The molecule has 0 spiro atoms. The molecule has 0 aromatic heterocycles. The van der Waals surface area contributed by atoms with Crippen molar-refractivity contribution in [1.29, 1.82) is 0 Å². The van der Waals surface area contributed by atoms with Crippen molar-refractivity contribution in [3.05, 3.63) is 0 Å². The van der Waals surface area contributed by atoms with E-state index >= 15 is 0 Å². The maximum Gasteiger partial charge on any atom is -0.0264 e. The molecule has 0 heterocycles. The molecule has 4 atom stereocenters. The van der Waals surface area contributed by atoms with Crippen LogP contribution in [0.5, 0.6) is 0 Å². The topological polar surface area (TPSA) is 0 Å². The molecule has 3 saturated carbocycles. The van der Waals surface area contributed by atoms with E-state index < -0.39 is 0 Å². The molecule has 0 heteroatoms. The molecule has 0 aromatic carbocycles. The average Bonchev–Trinajstić information content (AvgIpc) is 2.17. The standard InChI is InChI=1S/C13H22/c1-13-9-5-4-8-12(13)10-6-2-3-7-11(10)13/h10-12H,2-9H2,1H3. The predicted octanol–water partition coefficient (Wildman–Crippen LogP) is 4.00. The van der Waals surface area contributed by atoms with Crippen LogP contribution in [-0.2, 0) is 0 Å². The molecule has 0 nitrogen and oxygen atoms in total. The van der Waals surface area contributed by atoms with Gasteiger partial charge in [0.1, 0.15) is 0 Å². The van der Waals surface area contributed by atoms with Crippen LogP contribution in [0.1, 0.15) is 58.3 Å². The van der Waals surface area contributed by atoms with Gasteiger partial charge in [0.2, 0.25) is 0 Å². The summed E-state index contributed by atoms with van der Waals surface area (Å²) in [5, 5.41) is 0.